The summed E-state index contributed by atoms with van der Waals surface area (Å²) in [5, 5.41) is 13.5. The summed E-state index contributed by atoms with van der Waals surface area (Å²) in [6, 6.07) is 2.69. The van der Waals surface area contributed by atoms with E-state index in [4.69, 9.17) is 4.42 Å². The molecule has 0 saturated heterocycles. The van der Waals surface area contributed by atoms with Crippen molar-refractivity contribution in [2.24, 2.45) is 5.10 Å². The second-order valence-corrected chi connectivity index (χ2v) is 4.54. The number of carbonyl (C=O) groups excluding carboxylic acids is 1. The number of carbonyl (C=O) groups is 1. The van der Waals surface area contributed by atoms with Crippen LogP contribution in [-0.2, 0) is 0 Å². The van der Waals surface area contributed by atoms with E-state index in [9.17, 15) is 23.1 Å². The van der Waals surface area contributed by atoms with Crippen molar-refractivity contribution in [2.75, 3.05) is 0 Å². The Bertz CT molecular complexity index is 565. The summed E-state index contributed by atoms with van der Waals surface area (Å²) in [4.78, 5) is 12.0. The summed E-state index contributed by atoms with van der Waals surface area (Å²) in [7, 11) is 0. The number of amides is 1. The largest absolute Gasteiger partial charge is 0.456 e. The van der Waals surface area contributed by atoms with Crippen molar-refractivity contribution >= 4 is 11.6 Å². The topological polar surface area (TPSA) is 66.0 Å². The van der Waals surface area contributed by atoms with Gasteiger partial charge in [-0.3, -0.25) is 4.79 Å². The quantitative estimate of drug-likeness (QED) is 0.909. The molecule has 0 bridgehead atoms. The number of furan rings is 1. The van der Waals surface area contributed by atoms with Crippen LogP contribution in [-0.4, -0.2) is 33.6 Å². The fourth-order valence-corrected chi connectivity index (χ4v) is 1.90. The molecule has 0 saturated carbocycles. The van der Waals surface area contributed by atoms with E-state index in [1.807, 2.05) is 0 Å². The Morgan fingerprint density at radius 3 is 2.65 bits per heavy atom. The van der Waals surface area contributed by atoms with Gasteiger partial charge >= 0.3 is 12.1 Å². The van der Waals surface area contributed by atoms with Crippen molar-refractivity contribution in [3.63, 3.8) is 0 Å². The third kappa shape index (κ3) is 2.20. The van der Waals surface area contributed by atoms with Gasteiger partial charge in [0.05, 0.1) is 0 Å². The summed E-state index contributed by atoms with van der Waals surface area (Å²) in [6.07, 6.45) is -5.55. The number of aryl methyl sites for hydroxylation is 1. The normalized spacial score (nSPS) is 23.1. The van der Waals surface area contributed by atoms with Gasteiger partial charge in [-0.15, -0.1) is 0 Å². The lowest BCUT2D eigenvalue weighted by atomic mass is 10.1. The van der Waals surface area contributed by atoms with Crippen molar-refractivity contribution in [1.29, 1.82) is 0 Å². The highest BCUT2D eigenvalue weighted by Gasteiger charge is 2.63. The zero-order chi connectivity index (χ0) is 15.1. The molecule has 0 aromatic carbocycles. The Kier molecular flexibility index (Phi) is 3.37. The Morgan fingerprint density at radius 1 is 1.55 bits per heavy atom. The van der Waals surface area contributed by atoms with Gasteiger partial charge < -0.3 is 9.52 Å². The van der Waals surface area contributed by atoms with Gasteiger partial charge in [0, 0.05) is 12.1 Å². The molecular weight excluding hydrogens is 277 g/mol. The third-order valence-electron chi connectivity index (χ3n) is 3.05. The van der Waals surface area contributed by atoms with Gasteiger partial charge in [-0.25, -0.2) is 0 Å². The third-order valence-corrected chi connectivity index (χ3v) is 3.05. The number of aliphatic hydroxyl groups is 1. The molecular formula is C12H13F3N2O3. The van der Waals surface area contributed by atoms with E-state index in [-0.39, 0.29) is 22.9 Å². The molecule has 0 spiro atoms. The summed E-state index contributed by atoms with van der Waals surface area (Å²) >= 11 is 0. The SMILES string of the molecule is CCC1=NN(C(=O)c2ccc(C)o2)[C@](O)(C(F)(F)F)C1. The monoisotopic (exact) mass is 290 g/mol. The van der Waals surface area contributed by atoms with Crippen LogP contribution in [0, 0.1) is 6.92 Å². The highest BCUT2D eigenvalue weighted by molar-refractivity contribution is 5.96. The van der Waals surface area contributed by atoms with Crippen LogP contribution in [0.2, 0.25) is 0 Å². The second-order valence-electron chi connectivity index (χ2n) is 4.54. The van der Waals surface area contributed by atoms with E-state index >= 15 is 0 Å². The van der Waals surface area contributed by atoms with Crippen molar-refractivity contribution < 1.29 is 27.5 Å². The molecule has 1 aliphatic rings. The lowest BCUT2D eigenvalue weighted by molar-refractivity contribution is -0.297. The maximum Gasteiger partial charge on any atom is 0.438 e. The average Bonchev–Trinajstić information content (AvgIpc) is 2.92. The molecule has 110 valence electrons. The second kappa shape index (κ2) is 4.62. The number of rotatable bonds is 2. The van der Waals surface area contributed by atoms with Gasteiger partial charge in [-0.1, -0.05) is 6.92 Å². The van der Waals surface area contributed by atoms with E-state index < -0.39 is 24.2 Å². The van der Waals surface area contributed by atoms with E-state index in [0.717, 1.165) is 0 Å². The molecule has 2 heterocycles. The van der Waals surface area contributed by atoms with Crippen LogP contribution in [0.25, 0.3) is 0 Å². The molecule has 20 heavy (non-hydrogen) atoms. The van der Waals surface area contributed by atoms with E-state index in [1.54, 1.807) is 13.8 Å². The van der Waals surface area contributed by atoms with Crippen LogP contribution < -0.4 is 0 Å². The smallest absolute Gasteiger partial charge is 0.438 e. The van der Waals surface area contributed by atoms with E-state index in [0.29, 0.717) is 5.76 Å². The van der Waals surface area contributed by atoms with Gasteiger partial charge in [0.1, 0.15) is 5.76 Å². The van der Waals surface area contributed by atoms with Crippen LogP contribution >= 0.6 is 0 Å². The number of halogens is 3. The predicted octanol–water partition coefficient (Wildman–Crippen LogP) is 2.45. The lowest BCUT2D eigenvalue weighted by Gasteiger charge is -2.32. The van der Waals surface area contributed by atoms with Crippen LogP contribution in [0.15, 0.2) is 21.7 Å². The summed E-state index contributed by atoms with van der Waals surface area (Å²) in [5.41, 5.74) is -3.22. The first-order valence-corrected chi connectivity index (χ1v) is 5.95. The first kappa shape index (κ1) is 14.6. The molecule has 8 heteroatoms. The van der Waals surface area contributed by atoms with Crippen LogP contribution in [0.5, 0.6) is 0 Å². The van der Waals surface area contributed by atoms with Crippen molar-refractivity contribution in [3.8, 4) is 0 Å². The number of hydrogen-bond donors (Lipinski definition) is 1. The Hall–Kier alpha value is -1.83. The van der Waals surface area contributed by atoms with Crippen molar-refractivity contribution in [2.45, 2.75) is 38.6 Å². The van der Waals surface area contributed by atoms with Gasteiger partial charge in [0.15, 0.2) is 5.76 Å². The fraction of sp³-hybridized carbons (Fsp3) is 0.500. The molecule has 1 aromatic rings. The molecule has 1 amide bonds. The fourth-order valence-electron chi connectivity index (χ4n) is 1.90. The Morgan fingerprint density at radius 2 is 2.20 bits per heavy atom. The average molecular weight is 290 g/mol. The summed E-state index contributed by atoms with van der Waals surface area (Å²) in [6.45, 7) is 3.15. The molecule has 0 radical (unpaired) electrons. The van der Waals surface area contributed by atoms with Gasteiger partial charge in [-0.2, -0.15) is 23.3 Å². The molecule has 0 unspecified atom stereocenters. The minimum Gasteiger partial charge on any atom is -0.456 e. The molecule has 1 aromatic heterocycles. The molecule has 5 nitrogen and oxygen atoms in total. The first-order valence-electron chi connectivity index (χ1n) is 5.95. The first-order chi connectivity index (χ1) is 9.19. The zero-order valence-corrected chi connectivity index (χ0v) is 10.9. The minimum atomic E-state index is -5.01. The highest BCUT2D eigenvalue weighted by Crippen LogP contribution is 2.41. The molecule has 1 aliphatic heterocycles. The maximum absolute atomic E-state index is 13.0. The number of hydrazone groups is 1. The standard InChI is InChI=1S/C12H13F3N2O3/c1-3-8-6-11(19,12(13,14)15)17(16-8)10(18)9-5-4-7(2)20-9/h4-5,19H,3,6H2,1-2H3/t11-/m1/s1. The predicted molar refractivity (Wildman–Crippen MR) is 63.0 cm³/mol. The summed E-state index contributed by atoms with van der Waals surface area (Å²) < 4.78 is 44.1. The zero-order valence-electron chi connectivity index (χ0n) is 10.9. The lowest BCUT2D eigenvalue weighted by Crippen LogP contribution is -2.56. The van der Waals surface area contributed by atoms with E-state index in [2.05, 4.69) is 5.10 Å². The molecule has 1 N–H and O–H groups in total. The van der Waals surface area contributed by atoms with E-state index in [1.165, 1.54) is 12.1 Å². The number of alkyl halides is 3. The minimum absolute atomic E-state index is 0.0596. The van der Waals surface area contributed by atoms with Gasteiger partial charge in [0.25, 0.3) is 5.72 Å². The van der Waals surface area contributed by atoms with Gasteiger partial charge in [-0.05, 0) is 25.5 Å². The molecule has 1 atom stereocenters. The van der Waals surface area contributed by atoms with Gasteiger partial charge in [0.2, 0.25) is 0 Å². The van der Waals surface area contributed by atoms with Crippen LogP contribution in [0.1, 0.15) is 36.1 Å². The van der Waals surface area contributed by atoms with Crippen molar-refractivity contribution in [1.82, 2.24) is 5.01 Å². The maximum atomic E-state index is 13.0. The van der Waals surface area contributed by atoms with Crippen LogP contribution in [0.3, 0.4) is 0 Å². The van der Waals surface area contributed by atoms with Crippen LogP contribution in [0.4, 0.5) is 13.2 Å². The van der Waals surface area contributed by atoms with Crippen molar-refractivity contribution in [3.05, 3.63) is 23.7 Å². The Balaban J connectivity index is 2.40. The number of nitrogens with zero attached hydrogens (tertiary/aromatic N) is 2. The molecule has 2 rings (SSSR count). The number of hydrogen-bond acceptors (Lipinski definition) is 4. The molecule has 0 fully saturated rings. The summed E-state index contributed by atoms with van der Waals surface area (Å²) in [5.74, 6) is -1.05. The Labute approximate surface area is 112 Å². The highest BCUT2D eigenvalue weighted by atomic mass is 19.4. The molecule has 0 aliphatic carbocycles.